The predicted molar refractivity (Wildman–Crippen MR) is 104 cm³/mol. The number of alkyl halides is 3. The van der Waals surface area contributed by atoms with Crippen LogP contribution in [0.4, 0.5) is 13.2 Å². The monoisotopic (exact) mass is 444 g/mol. The molecule has 3 rings (SSSR count). The van der Waals surface area contributed by atoms with Crippen molar-refractivity contribution in [3.8, 4) is 11.5 Å². The smallest absolute Gasteiger partial charge is 0.416 e. The van der Waals surface area contributed by atoms with Crippen LogP contribution in [0.2, 0.25) is 10.0 Å². The normalized spacial score (nSPS) is 11.5. The Hall–Kier alpha value is -1.96. The van der Waals surface area contributed by atoms with Crippen LogP contribution in [0.15, 0.2) is 52.4 Å². The van der Waals surface area contributed by atoms with E-state index in [2.05, 4.69) is 9.97 Å². The van der Waals surface area contributed by atoms with E-state index in [4.69, 9.17) is 27.9 Å². The van der Waals surface area contributed by atoms with Gasteiger partial charge in [0.25, 0.3) is 0 Å². The molecule has 0 amide bonds. The van der Waals surface area contributed by atoms with E-state index in [1.54, 1.807) is 32.0 Å². The van der Waals surface area contributed by atoms with Gasteiger partial charge in [0, 0.05) is 9.92 Å². The summed E-state index contributed by atoms with van der Waals surface area (Å²) in [7, 11) is 0. The molecule has 3 nitrogen and oxygen atoms in total. The Kier molecular flexibility index (Phi) is 6.07. The molecule has 9 heteroatoms. The third-order valence-corrected chi connectivity index (χ3v) is 5.09. The van der Waals surface area contributed by atoms with E-state index in [0.717, 1.165) is 23.9 Å². The Morgan fingerprint density at radius 2 is 1.75 bits per heavy atom. The van der Waals surface area contributed by atoms with Gasteiger partial charge in [0.2, 0.25) is 0 Å². The number of halogens is 5. The summed E-state index contributed by atoms with van der Waals surface area (Å²) in [5, 5.41) is 1.13. The zero-order valence-corrected chi connectivity index (χ0v) is 17.0. The number of hydrogen-bond acceptors (Lipinski definition) is 4. The zero-order valence-electron chi connectivity index (χ0n) is 14.6. The SMILES string of the molecule is Cc1nc(C)c(Oc2ccc(Cl)cc2Cl)c(Sc2cccc(C(F)(F)F)c2)n1. The van der Waals surface area contributed by atoms with Crippen LogP contribution in [0, 0.1) is 13.8 Å². The van der Waals surface area contributed by atoms with Gasteiger partial charge in [-0.25, -0.2) is 9.97 Å². The maximum Gasteiger partial charge on any atom is 0.416 e. The molecule has 0 unspecified atom stereocenters. The van der Waals surface area contributed by atoms with Crippen LogP contribution in [0.5, 0.6) is 11.5 Å². The van der Waals surface area contributed by atoms with Crippen molar-refractivity contribution in [3.63, 3.8) is 0 Å². The fourth-order valence-corrected chi connectivity index (χ4v) is 3.84. The summed E-state index contributed by atoms with van der Waals surface area (Å²) in [5.41, 5.74) is -0.198. The van der Waals surface area contributed by atoms with Gasteiger partial charge in [0.15, 0.2) is 5.75 Å². The molecule has 0 saturated heterocycles. The van der Waals surface area contributed by atoms with Gasteiger partial charge in [-0.3, -0.25) is 0 Å². The highest BCUT2D eigenvalue weighted by Gasteiger charge is 2.30. The number of hydrogen-bond donors (Lipinski definition) is 0. The van der Waals surface area contributed by atoms with Crippen molar-refractivity contribution in [2.24, 2.45) is 0 Å². The number of benzene rings is 2. The second kappa shape index (κ2) is 8.19. The molecule has 146 valence electrons. The van der Waals surface area contributed by atoms with Gasteiger partial charge >= 0.3 is 6.18 Å². The Morgan fingerprint density at radius 3 is 2.43 bits per heavy atom. The number of aryl methyl sites for hydroxylation is 2. The maximum atomic E-state index is 13.0. The molecular formula is C19H13Cl2F3N2OS. The standard InChI is InChI=1S/C19H13Cl2F3N2OS/c1-10-17(27-16-7-6-13(20)9-15(16)21)18(26-11(2)25-10)28-14-5-3-4-12(8-14)19(22,23)24/h3-9H,1-2H3. The molecule has 3 aromatic rings. The van der Waals surface area contributed by atoms with Gasteiger partial charge in [-0.05, 0) is 50.2 Å². The fourth-order valence-electron chi connectivity index (χ4n) is 2.37. The minimum absolute atomic E-state index is 0.294. The molecule has 0 aliphatic heterocycles. The van der Waals surface area contributed by atoms with E-state index < -0.39 is 11.7 Å². The van der Waals surface area contributed by atoms with Crippen LogP contribution in [-0.4, -0.2) is 9.97 Å². The summed E-state index contributed by atoms with van der Waals surface area (Å²) < 4.78 is 44.9. The Balaban J connectivity index is 1.99. The molecule has 0 atom stereocenters. The van der Waals surface area contributed by atoms with E-state index >= 15 is 0 Å². The van der Waals surface area contributed by atoms with E-state index in [0.29, 0.717) is 43.0 Å². The first-order valence-corrected chi connectivity index (χ1v) is 9.54. The van der Waals surface area contributed by atoms with Crippen molar-refractivity contribution in [1.82, 2.24) is 9.97 Å². The highest BCUT2D eigenvalue weighted by Crippen LogP contribution is 2.41. The molecular weight excluding hydrogens is 432 g/mol. The van der Waals surface area contributed by atoms with Gasteiger partial charge in [-0.2, -0.15) is 13.2 Å². The summed E-state index contributed by atoms with van der Waals surface area (Å²) in [6, 6.07) is 9.76. The molecule has 0 bridgehead atoms. The van der Waals surface area contributed by atoms with E-state index in [-0.39, 0.29) is 0 Å². The summed E-state index contributed by atoms with van der Waals surface area (Å²) in [5.74, 6) is 1.13. The Bertz CT molecular complexity index is 1030. The molecule has 1 heterocycles. The minimum Gasteiger partial charge on any atom is -0.451 e. The summed E-state index contributed by atoms with van der Waals surface area (Å²) in [6.07, 6.45) is -4.43. The minimum atomic E-state index is -4.43. The van der Waals surface area contributed by atoms with Crippen LogP contribution < -0.4 is 4.74 Å². The van der Waals surface area contributed by atoms with Gasteiger partial charge in [0.1, 0.15) is 16.6 Å². The lowest BCUT2D eigenvalue weighted by Crippen LogP contribution is -2.04. The van der Waals surface area contributed by atoms with Crippen molar-refractivity contribution >= 4 is 35.0 Å². The highest BCUT2D eigenvalue weighted by atomic mass is 35.5. The molecule has 28 heavy (non-hydrogen) atoms. The van der Waals surface area contributed by atoms with E-state index in [1.807, 2.05) is 0 Å². The van der Waals surface area contributed by atoms with Crippen molar-refractivity contribution in [1.29, 1.82) is 0 Å². The van der Waals surface area contributed by atoms with Crippen molar-refractivity contribution in [2.45, 2.75) is 29.9 Å². The van der Waals surface area contributed by atoms with Crippen LogP contribution in [0.25, 0.3) is 0 Å². The summed E-state index contributed by atoms with van der Waals surface area (Å²) in [4.78, 5) is 8.99. The first-order valence-electron chi connectivity index (χ1n) is 7.97. The third kappa shape index (κ3) is 4.90. The number of nitrogens with zero attached hydrogens (tertiary/aromatic N) is 2. The largest absolute Gasteiger partial charge is 0.451 e. The lowest BCUT2D eigenvalue weighted by Gasteiger charge is -2.14. The quantitative estimate of drug-likeness (QED) is 0.393. The molecule has 0 saturated carbocycles. The van der Waals surface area contributed by atoms with Crippen molar-refractivity contribution in [2.75, 3.05) is 0 Å². The maximum absolute atomic E-state index is 13.0. The Morgan fingerprint density at radius 1 is 1.00 bits per heavy atom. The molecule has 0 N–H and O–H groups in total. The van der Waals surface area contributed by atoms with Gasteiger partial charge in [-0.15, -0.1) is 0 Å². The lowest BCUT2D eigenvalue weighted by atomic mass is 10.2. The first-order chi connectivity index (χ1) is 13.1. The predicted octanol–water partition coefficient (Wildman–Crippen LogP) is 7.36. The van der Waals surface area contributed by atoms with Crippen LogP contribution in [-0.2, 0) is 6.18 Å². The lowest BCUT2D eigenvalue weighted by molar-refractivity contribution is -0.137. The molecule has 1 aromatic heterocycles. The molecule has 0 radical (unpaired) electrons. The molecule has 0 aliphatic carbocycles. The van der Waals surface area contributed by atoms with E-state index in [9.17, 15) is 13.2 Å². The van der Waals surface area contributed by atoms with Crippen LogP contribution >= 0.6 is 35.0 Å². The third-order valence-electron chi connectivity index (χ3n) is 3.60. The topological polar surface area (TPSA) is 35.0 Å². The number of ether oxygens (including phenoxy) is 1. The average molecular weight is 445 g/mol. The van der Waals surface area contributed by atoms with Crippen LogP contribution in [0.1, 0.15) is 17.1 Å². The van der Waals surface area contributed by atoms with Crippen molar-refractivity contribution in [3.05, 3.63) is 69.6 Å². The van der Waals surface area contributed by atoms with Gasteiger partial charge < -0.3 is 4.74 Å². The van der Waals surface area contributed by atoms with Crippen LogP contribution in [0.3, 0.4) is 0 Å². The fraction of sp³-hybridized carbons (Fsp3) is 0.158. The second-order valence-electron chi connectivity index (χ2n) is 5.79. The summed E-state index contributed by atoms with van der Waals surface area (Å²) in [6.45, 7) is 3.42. The molecule has 0 spiro atoms. The van der Waals surface area contributed by atoms with E-state index in [1.165, 1.54) is 12.1 Å². The van der Waals surface area contributed by atoms with Crippen molar-refractivity contribution < 1.29 is 17.9 Å². The summed E-state index contributed by atoms with van der Waals surface area (Å²) >= 11 is 13.1. The molecule has 0 fully saturated rings. The zero-order chi connectivity index (χ0) is 20.5. The average Bonchev–Trinajstić information content (AvgIpc) is 2.59. The highest BCUT2D eigenvalue weighted by molar-refractivity contribution is 7.99. The Labute approximate surface area is 173 Å². The number of aromatic nitrogens is 2. The first kappa shape index (κ1) is 20.8. The molecule has 0 aliphatic rings. The van der Waals surface area contributed by atoms with Gasteiger partial charge in [-0.1, -0.05) is 41.0 Å². The second-order valence-corrected chi connectivity index (χ2v) is 7.70. The number of rotatable bonds is 4. The van der Waals surface area contributed by atoms with Gasteiger partial charge in [0.05, 0.1) is 16.3 Å². The molecule has 2 aromatic carbocycles.